The number of β-amino-alcohol motifs (C(OH)–C–C–N with tert-alkyl or cyclic N) is 1. The van der Waals surface area contributed by atoms with E-state index in [0.717, 1.165) is 57.8 Å². The molecule has 0 radical (unpaired) electrons. The van der Waals surface area contributed by atoms with Crippen molar-refractivity contribution in [3.63, 3.8) is 0 Å². The number of unbranched alkanes of at least 4 members (excludes halogenated alkanes) is 1. The van der Waals surface area contributed by atoms with Crippen LogP contribution in [0.25, 0.3) is 0 Å². The van der Waals surface area contributed by atoms with Crippen molar-refractivity contribution >= 4 is 21.7 Å². The molecule has 0 aromatic heterocycles. The number of sulfone groups is 1. The number of nitrogens with one attached hydrogen (secondary N) is 2. The molecule has 5 atom stereocenters. The van der Waals surface area contributed by atoms with E-state index in [9.17, 15) is 28.2 Å². The van der Waals surface area contributed by atoms with Crippen molar-refractivity contribution in [3.05, 3.63) is 0 Å². The highest BCUT2D eigenvalue weighted by Gasteiger charge is 2.35. The third-order valence-corrected chi connectivity index (χ3v) is 11.9. The van der Waals surface area contributed by atoms with Gasteiger partial charge >= 0.3 is 0 Å². The molecule has 3 fully saturated rings. The van der Waals surface area contributed by atoms with Gasteiger partial charge in [-0.05, 0) is 31.1 Å². The zero-order valence-corrected chi connectivity index (χ0v) is 28.2. The summed E-state index contributed by atoms with van der Waals surface area (Å²) in [7, 11) is -3.39. The van der Waals surface area contributed by atoms with Gasteiger partial charge in [0, 0.05) is 25.4 Å². The molecule has 0 spiro atoms. The lowest BCUT2D eigenvalue weighted by Gasteiger charge is -2.35. The van der Waals surface area contributed by atoms with Gasteiger partial charge in [-0.3, -0.25) is 14.5 Å². The molecule has 1 saturated heterocycles. The lowest BCUT2D eigenvalue weighted by Crippen LogP contribution is -2.57. The van der Waals surface area contributed by atoms with Crippen molar-refractivity contribution in [1.29, 1.82) is 0 Å². The predicted molar refractivity (Wildman–Crippen MR) is 173 cm³/mol. The van der Waals surface area contributed by atoms with E-state index in [2.05, 4.69) is 15.5 Å². The molecule has 1 aliphatic heterocycles. The number of aliphatic hydroxyl groups excluding tert-OH is 2. The van der Waals surface area contributed by atoms with Gasteiger partial charge in [-0.2, -0.15) is 0 Å². The minimum atomic E-state index is -3.39. The summed E-state index contributed by atoms with van der Waals surface area (Å²) in [5.41, 5.74) is 0. The van der Waals surface area contributed by atoms with Crippen LogP contribution >= 0.6 is 0 Å². The van der Waals surface area contributed by atoms with E-state index in [1.54, 1.807) is 6.92 Å². The van der Waals surface area contributed by atoms with Crippen molar-refractivity contribution in [1.82, 2.24) is 15.5 Å². The standard InChI is InChI=1S/C33H61N3O7S/c1-3-5-16-28(34-32(39)27(24-44(41,42)4-2)21-25-12-8-6-9-13-25)33(40)35-29(22-26-14-10-7-11-15-26)31(38)30(37)23-36-17-19-43-20-18-36/h25-31,37-38H,3-24H2,1-2H3,(H,34,39)(H,35,40)/t27-,28+,29+,30+,31-/m1/s1. The average molecular weight is 644 g/mol. The number of carbonyl (C=O) groups excluding carboxylic acids is 2. The van der Waals surface area contributed by atoms with Crippen molar-refractivity contribution in [2.75, 3.05) is 44.4 Å². The number of carbonyl (C=O) groups is 2. The van der Waals surface area contributed by atoms with Crippen LogP contribution in [0.3, 0.4) is 0 Å². The molecule has 0 unspecified atom stereocenters. The first-order valence-corrected chi connectivity index (χ1v) is 19.4. The lowest BCUT2D eigenvalue weighted by molar-refractivity contribution is -0.132. The Morgan fingerprint density at radius 3 is 2.02 bits per heavy atom. The Labute approximate surface area is 266 Å². The number of ether oxygens (including phenoxy) is 1. The molecule has 2 saturated carbocycles. The van der Waals surface area contributed by atoms with Crippen LogP contribution in [-0.2, 0) is 24.2 Å². The Morgan fingerprint density at radius 1 is 0.864 bits per heavy atom. The summed E-state index contributed by atoms with van der Waals surface area (Å²) in [6.45, 7) is 6.47. The van der Waals surface area contributed by atoms with Crippen molar-refractivity contribution in [2.24, 2.45) is 17.8 Å². The maximum atomic E-state index is 13.8. The zero-order chi connectivity index (χ0) is 32.0. The number of nitrogens with zero attached hydrogens (tertiary/aromatic N) is 1. The Kier molecular flexibility index (Phi) is 16.4. The van der Waals surface area contributed by atoms with Crippen molar-refractivity contribution in [3.8, 4) is 0 Å². The zero-order valence-electron chi connectivity index (χ0n) is 27.4. The molecule has 3 rings (SSSR count). The van der Waals surface area contributed by atoms with Gasteiger partial charge in [-0.1, -0.05) is 90.9 Å². The van der Waals surface area contributed by atoms with Gasteiger partial charge in [0.05, 0.1) is 37.0 Å². The van der Waals surface area contributed by atoms with Gasteiger partial charge in [-0.15, -0.1) is 0 Å². The molecule has 10 nitrogen and oxygen atoms in total. The van der Waals surface area contributed by atoms with Gasteiger partial charge in [0.25, 0.3) is 0 Å². The molecule has 4 N–H and O–H groups in total. The molecule has 2 aliphatic carbocycles. The van der Waals surface area contributed by atoms with Crippen LogP contribution in [0, 0.1) is 17.8 Å². The molecule has 11 heteroatoms. The summed E-state index contributed by atoms with van der Waals surface area (Å²) in [5, 5.41) is 28.4. The van der Waals surface area contributed by atoms with Crippen LogP contribution in [0.5, 0.6) is 0 Å². The van der Waals surface area contributed by atoms with E-state index in [0.29, 0.717) is 70.4 Å². The van der Waals surface area contributed by atoms with E-state index in [4.69, 9.17) is 4.74 Å². The van der Waals surface area contributed by atoms with Crippen molar-refractivity contribution < 1.29 is 33.0 Å². The van der Waals surface area contributed by atoms with E-state index in [-0.39, 0.29) is 23.3 Å². The van der Waals surface area contributed by atoms with Crippen LogP contribution in [0.4, 0.5) is 0 Å². The average Bonchev–Trinajstić information content (AvgIpc) is 3.03. The van der Waals surface area contributed by atoms with Crippen LogP contribution in [-0.4, -0.2) is 104 Å². The molecule has 3 aliphatic rings. The van der Waals surface area contributed by atoms with E-state index < -0.39 is 40.0 Å². The first-order chi connectivity index (χ1) is 21.1. The fraction of sp³-hybridized carbons (Fsp3) is 0.939. The SMILES string of the molecule is CCCC[C@H](NC(=O)[C@H](CC1CCCCC1)CS(=O)(=O)CC)C(=O)N[C@@H](CC1CCCCC1)[C@@H](O)[C@@H](O)CN1CCOCC1. The number of hydrogen-bond donors (Lipinski definition) is 4. The van der Waals surface area contributed by atoms with Crippen LogP contribution in [0.15, 0.2) is 0 Å². The monoisotopic (exact) mass is 643 g/mol. The summed E-state index contributed by atoms with van der Waals surface area (Å²) in [5.74, 6) is -1.00. The predicted octanol–water partition coefficient (Wildman–Crippen LogP) is 3.19. The van der Waals surface area contributed by atoms with Crippen LogP contribution in [0.1, 0.15) is 110 Å². The maximum absolute atomic E-state index is 13.8. The fourth-order valence-corrected chi connectivity index (χ4v) is 8.38. The van der Waals surface area contributed by atoms with Crippen molar-refractivity contribution in [2.45, 2.75) is 134 Å². The molecule has 256 valence electrons. The topological polar surface area (TPSA) is 145 Å². The Morgan fingerprint density at radius 2 is 1.45 bits per heavy atom. The summed E-state index contributed by atoms with van der Waals surface area (Å²) < 4.78 is 30.7. The highest BCUT2D eigenvalue weighted by atomic mass is 32.2. The number of morpholine rings is 1. The Bertz CT molecular complexity index is 947. The molecule has 44 heavy (non-hydrogen) atoms. The number of aliphatic hydroxyl groups is 2. The quantitative estimate of drug-likeness (QED) is 0.178. The fourth-order valence-electron chi connectivity index (χ4n) is 7.24. The maximum Gasteiger partial charge on any atom is 0.242 e. The lowest BCUT2D eigenvalue weighted by atomic mass is 9.82. The van der Waals surface area contributed by atoms with E-state index in [1.807, 2.05) is 6.92 Å². The first kappa shape index (κ1) is 37.2. The normalized spacial score (nSPS) is 22.9. The molecule has 0 bridgehead atoms. The first-order valence-electron chi connectivity index (χ1n) is 17.6. The summed E-state index contributed by atoms with van der Waals surface area (Å²) in [6.07, 6.45) is 11.8. The van der Waals surface area contributed by atoms with Gasteiger partial charge in [0.1, 0.15) is 12.1 Å². The highest BCUT2D eigenvalue weighted by molar-refractivity contribution is 7.91. The minimum absolute atomic E-state index is 0.0191. The Balaban J connectivity index is 1.73. The smallest absolute Gasteiger partial charge is 0.242 e. The second-order valence-corrected chi connectivity index (χ2v) is 16.1. The number of rotatable bonds is 18. The second-order valence-electron chi connectivity index (χ2n) is 13.7. The van der Waals surface area contributed by atoms with Crippen LogP contribution in [0.2, 0.25) is 0 Å². The third-order valence-electron chi connectivity index (χ3n) is 10.1. The second kappa shape index (κ2) is 19.4. The largest absolute Gasteiger partial charge is 0.389 e. The Hall–Kier alpha value is -1.27. The number of amides is 2. The van der Waals surface area contributed by atoms with Gasteiger partial charge in [0.15, 0.2) is 9.84 Å². The van der Waals surface area contributed by atoms with E-state index in [1.165, 1.54) is 12.8 Å². The molecule has 0 aromatic rings. The number of hydrogen-bond acceptors (Lipinski definition) is 8. The van der Waals surface area contributed by atoms with Crippen LogP contribution < -0.4 is 10.6 Å². The molecular weight excluding hydrogens is 582 g/mol. The minimum Gasteiger partial charge on any atom is -0.389 e. The molecule has 1 heterocycles. The third kappa shape index (κ3) is 12.9. The summed E-state index contributed by atoms with van der Waals surface area (Å²) >= 11 is 0. The summed E-state index contributed by atoms with van der Waals surface area (Å²) in [4.78, 5) is 29.6. The van der Waals surface area contributed by atoms with Gasteiger partial charge in [0.2, 0.25) is 11.8 Å². The van der Waals surface area contributed by atoms with E-state index >= 15 is 0 Å². The van der Waals surface area contributed by atoms with Gasteiger partial charge in [-0.25, -0.2) is 8.42 Å². The molecular formula is C33H61N3O7S. The molecule has 2 amide bonds. The summed E-state index contributed by atoms with van der Waals surface area (Å²) in [6, 6.07) is -1.49. The van der Waals surface area contributed by atoms with Gasteiger partial charge < -0.3 is 25.6 Å². The molecule has 0 aromatic carbocycles. The highest BCUT2D eigenvalue weighted by Crippen LogP contribution is 2.31.